The Balaban J connectivity index is 1.84. The Morgan fingerprint density at radius 3 is 2.59 bits per heavy atom. The molecule has 0 spiro atoms. The van der Waals surface area contributed by atoms with Gasteiger partial charge >= 0.3 is 12.0 Å². The van der Waals surface area contributed by atoms with Crippen molar-refractivity contribution in [3.05, 3.63) is 70.0 Å². The number of hydrogen-bond acceptors (Lipinski definition) is 6. The molecule has 0 saturated carbocycles. The fourth-order valence-electron chi connectivity index (χ4n) is 3.72. The first-order valence-electron chi connectivity index (χ1n) is 10.6. The lowest BCUT2D eigenvalue weighted by molar-refractivity contribution is -0.146. The van der Waals surface area contributed by atoms with E-state index in [0.29, 0.717) is 28.1 Å². The van der Waals surface area contributed by atoms with Gasteiger partial charge in [0.2, 0.25) is 5.91 Å². The fraction of sp³-hybridized carbons (Fsp3) is 0.292. The van der Waals surface area contributed by atoms with Gasteiger partial charge in [-0.2, -0.15) is 0 Å². The summed E-state index contributed by atoms with van der Waals surface area (Å²) in [6.07, 6.45) is 0. The third-order valence-electron chi connectivity index (χ3n) is 5.77. The minimum Gasteiger partial charge on any atom is -0.480 e. The Hall–Kier alpha value is -3.72. The zero-order valence-corrected chi connectivity index (χ0v) is 19.9. The van der Waals surface area contributed by atoms with Gasteiger partial charge < -0.3 is 15.2 Å². The van der Waals surface area contributed by atoms with Gasteiger partial charge in [0.05, 0.1) is 24.4 Å². The van der Waals surface area contributed by atoms with E-state index in [0.717, 1.165) is 16.8 Å². The average molecular weight is 482 g/mol. The highest BCUT2D eigenvalue weighted by molar-refractivity contribution is 6.35. The maximum atomic E-state index is 12.9. The van der Waals surface area contributed by atoms with Crippen LogP contribution >= 0.6 is 11.6 Å². The molecule has 3 aromatic rings. The van der Waals surface area contributed by atoms with Crippen LogP contribution in [0.1, 0.15) is 49.2 Å². The van der Waals surface area contributed by atoms with E-state index in [1.54, 1.807) is 17.6 Å². The molecule has 1 unspecified atom stereocenters. The second-order valence-corrected chi connectivity index (χ2v) is 8.91. The molecule has 1 amide bonds. The molecular formula is C24H24ClN5O4. The van der Waals surface area contributed by atoms with Gasteiger partial charge in [0, 0.05) is 16.1 Å². The topological polar surface area (TPSA) is 119 Å². The lowest BCUT2D eigenvalue weighted by atomic mass is 9.92. The van der Waals surface area contributed by atoms with Gasteiger partial charge in [0.15, 0.2) is 5.82 Å². The molecule has 0 radical (unpaired) electrons. The number of benzene rings is 2. The van der Waals surface area contributed by atoms with Crippen molar-refractivity contribution in [2.75, 3.05) is 7.11 Å². The fourth-order valence-corrected chi connectivity index (χ4v) is 3.95. The van der Waals surface area contributed by atoms with Crippen LogP contribution in [0.2, 0.25) is 5.02 Å². The number of amides is 1. The highest BCUT2D eigenvalue weighted by Gasteiger charge is 2.32. The lowest BCUT2D eigenvalue weighted by Crippen LogP contribution is -2.50. The number of methoxy groups -OCH3 is 1. The van der Waals surface area contributed by atoms with Crippen LogP contribution in [0.4, 0.5) is 0 Å². The molecule has 9 nitrogen and oxygen atoms in total. The molecule has 0 fully saturated rings. The SMILES string of the molecule is COc1nnc2n1-c1ccc(C(C)C(=O)NC(C)(C)C(=O)O)cc1C(c1ccccc1Cl)=NC2. The number of carboxylic acids is 1. The van der Waals surface area contributed by atoms with Crippen LogP contribution in [0.5, 0.6) is 6.01 Å². The number of aliphatic imine (C=N–C) groups is 1. The number of ether oxygens (including phenoxy) is 1. The van der Waals surface area contributed by atoms with Crippen molar-refractivity contribution in [1.29, 1.82) is 0 Å². The number of halogens is 1. The molecule has 1 atom stereocenters. The second-order valence-electron chi connectivity index (χ2n) is 8.50. The van der Waals surface area contributed by atoms with E-state index in [1.165, 1.54) is 21.0 Å². The van der Waals surface area contributed by atoms with E-state index in [1.807, 2.05) is 36.4 Å². The standard InChI is InChI=1S/C24H24ClN5O4/c1-13(21(31)27-24(2,3)22(32)33)14-9-10-18-16(11-14)20(15-7-5-6-8-17(15)25)26-12-19-28-29-23(34-4)30(18)19/h5-11,13H,12H2,1-4H3,(H,27,31)(H,32,33). The number of nitrogens with one attached hydrogen (secondary N) is 1. The van der Waals surface area contributed by atoms with E-state index in [9.17, 15) is 14.7 Å². The Kier molecular flexibility index (Phi) is 6.14. The first kappa shape index (κ1) is 23.4. The molecule has 34 heavy (non-hydrogen) atoms. The normalized spacial score (nSPS) is 13.7. The molecule has 2 N–H and O–H groups in total. The van der Waals surface area contributed by atoms with Crippen LogP contribution in [-0.2, 0) is 16.1 Å². The number of carbonyl (C=O) groups excluding carboxylic acids is 1. The molecule has 2 aromatic carbocycles. The summed E-state index contributed by atoms with van der Waals surface area (Å²) in [6, 6.07) is 13.2. The predicted molar refractivity (Wildman–Crippen MR) is 127 cm³/mol. The number of rotatable bonds is 6. The summed E-state index contributed by atoms with van der Waals surface area (Å²) in [5.74, 6) is -1.54. The van der Waals surface area contributed by atoms with Crippen LogP contribution in [0, 0.1) is 0 Å². The van der Waals surface area contributed by atoms with Crippen molar-refractivity contribution in [1.82, 2.24) is 20.1 Å². The Labute approximate surface area is 201 Å². The Morgan fingerprint density at radius 1 is 1.18 bits per heavy atom. The smallest absolute Gasteiger partial charge is 0.328 e. The number of nitrogens with zero attached hydrogens (tertiary/aromatic N) is 4. The summed E-state index contributed by atoms with van der Waals surface area (Å²) >= 11 is 6.52. The van der Waals surface area contributed by atoms with Gasteiger partial charge in [-0.25, -0.2) is 9.36 Å². The maximum Gasteiger partial charge on any atom is 0.328 e. The largest absolute Gasteiger partial charge is 0.480 e. The molecule has 0 aliphatic carbocycles. The lowest BCUT2D eigenvalue weighted by Gasteiger charge is -2.24. The average Bonchev–Trinajstić information content (AvgIpc) is 3.14. The minimum atomic E-state index is -1.40. The third kappa shape index (κ3) is 4.14. The van der Waals surface area contributed by atoms with Gasteiger partial charge in [-0.15, -0.1) is 5.10 Å². The number of fused-ring (bicyclic) bond motifs is 3. The summed E-state index contributed by atoms with van der Waals surface area (Å²) in [5, 5.41) is 20.8. The molecule has 2 heterocycles. The second kappa shape index (κ2) is 8.90. The highest BCUT2D eigenvalue weighted by atomic mass is 35.5. The maximum absolute atomic E-state index is 12.9. The van der Waals surface area contributed by atoms with Crippen LogP contribution in [0.3, 0.4) is 0 Å². The third-order valence-corrected chi connectivity index (χ3v) is 6.10. The van der Waals surface area contributed by atoms with E-state index in [2.05, 4.69) is 15.5 Å². The summed E-state index contributed by atoms with van der Waals surface area (Å²) < 4.78 is 7.20. The van der Waals surface area contributed by atoms with E-state index in [4.69, 9.17) is 21.3 Å². The van der Waals surface area contributed by atoms with Crippen molar-refractivity contribution in [3.8, 4) is 11.7 Å². The van der Waals surface area contributed by atoms with Crippen molar-refractivity contribution in [3.63, 3.8) is 0 Å². The van der Waals surface area contributed by atoms with Crippen molar-refractivity contribution < 1.29 is 19.4 Å². The highest BCUT2D eigenvalue weighted by Crippen LogP contribution is 2.32. The molecule has 1 aliphatic rings. The molecule has 1 aromatic heterocycles. The monoisotopic (exact) mass is 481 g/mol. The molecule has 0 bridgehead atoms. The first-order valence-corrected chi connectivity index (χ1v) is 11.0. The van der Waals surface area contributed by atoms with E-state index in [-0.39, 0.29) is 6.54 Å². The zero-order valence-electron chi connectivity index (χ0n) is 19.2. The van der Waals surface area contributed by atoms with Gasteiger partial charge in [-0.3, -0.25) is 9.79 Å². The van der Waals surface area contributed by atoms with Crippen LogP contribution < -0.4 is 10.1 Å². The van der Waals surface area contributed by atoms with E-state index < -0.39 is 23.3 Å². The van der Waals surface area contributed by atoms with Gasteiger partial charge in [0.25, 0.3) is 0 Å². The molecule has 1 aliphatic heterocycles. The van der Waals surface area contributed by atoms with Crippen LogP contribution in [-0.4, -0.2) is 50.1 Å². The van der Waals surface area contributed by atoms with Crippen molar-refractivity contribution in [2.45, 2.75) is 38.8 Å². The van der Waals surface area contributed by atoms with E-state index >= 15 is 0 Å². The number of hydrogen-bond donors (Lipinski definition) is 2. The van der Waals surface area contributed by atoms with Crippen LogP contribution in [0.15, 0.2) is 47.5 Å². The summed E-state index contributed by atoms with van der Waals surface area (Å²) in [4.78, 5) is 29.1. The first-order chi connectivity index (χ1) is 16.1. The Morgan fingerprint density at radius 2 is 1.91 bits per heavy atom. The number of carboxylic acid groups (broad SMARTS) is 1. The Bertz CT molecular complexity index is 1310. The van der Waals surface area contributed by atoms with Gasteiger partial charge in [-0.1, -0.05) is 41.0 Å². The molecule has 176 valence electrons. The zero-order chi connectivity index (χ0) is 24.6. The van der Waals surface area contributed by atoms with Gasteiger partial charge in [0.1, 0.15) is 12.1 Å². The molecule has 4 rings (SSSR count). The molecule has 10 heteroatoms. The van der Waals surface area contributed by atoms with Crippen LogP contribution in [0.25, 0.3) is 5.69 Å². The number of aliphatic carboxylic acids is 1. The molecular weight excluding hydrogens is 458 g/mol. The number of carbonyl (C=O) groups is 2. The number of aromatic nitrogens is 3. The minimum absolute atomic E-state index is 0.254. The summed E-state index contributed by atoms with van der Waals surface area (Å²) in [5.41, 5.74) is 2.13. The van der Waals surface area contributed by atoms with Gasteiger partial charge in [-0.05, 0) is 44.5 Å². The predicted octanol–water partition coefficient (Wildman–Crippen LogP) is 3.36. The molecule has 0 saturated heterocycles. The van der Waals surface area contributed by atoms with Crippen molar-refractivity contribution in [2.24, 2.45) is 4.99 Å². The van der Waals surface area contributed by atoms with Crippen molar-refractivity contribution >= 4 is 29.2 Å². The quantitative estimate of drug-likeness (QED) is 0.557. The summed E-state index contributed by atoms with van der Waals surface area (Å²) in [6.45, 7) is 4.87. The summed E-state index contributed by atoms with van der Waals surface area (Å²) in [7, 11) is 1.52.